The maximum Gasteiger partial charge on any atom is 0.165 e. The molecule has 0 aliphatic heterocycles. The lowest BCUT2D eigenvalue weighted by Crippen LogP contribution is -1.88. The predicted molar refractivity (Wildman–Crippen MR) is 59.1 cm³/mol. The highest BCUT2D eigenvalue weighted by Gasteiger charge is 2.08. The lowest BCUT2D eigenvalue weighted by Gasteiger charge is -2.06. The van der Waals surface area contributed by atoms with E-state index < -0.39 is 0 Å². The number of methoxy groups -OCH3 is 1. The van der Waals surface area contributed by atoms with Crippen molar-refractivity contribution in [1.29, 1.82) is 5.26 Å². The first-order valence-electron chi connectivity index (χ1n) is 4.64. The first kappa shape index (κ1) is 11.8. The smallest absolute Gasteiger partial charge is 0.165 e. The molecule has 0 aliphatic rings. The lowest BCUT2D eigenvalue weighted by atomic mass is 10.1. The van der Waals surface area contributed by atoms with Gasteiger partial charge in [-0.3, -0.25) is 0 Å². The topological polar surface area (TPSA) is 70.3 Å². The van der Waals surface area contributed by atoms with E-state index in [1.807, 2.05) is 6.07 Å². The van der Waals surface area contributed by atoms with Gasteiger partial charge in [-0.15, -0.1) is 0 Å². The number of allylic oxidation sites excluding steroid dienone is 1. The molecule has 0 amide bonds. The molecule has 1 rings (SSSR count). The first-order valence-corrected chi connectivity index (χ1v) is 4.64. The summed E-state index contributed by atoms with van der Waals surface area (Å²) in [6.45, 7) is 0. The van der Waals surface area contributed by atoms with Crippen molar-refractivity contribution < 1.29 is 14.6 Å². The number of benzene rings is 1. The van der Waals surface area contributed by atoms with Crippen molar-refractivity contribution in [3.8, 4) is 17.6 Å². The molecule has 0 radical (unpaired) electrons. The molecule has 82 valence electrons. The summed E-state index contributed by atoms with van der Waals surface area (Å²) in [6.07, 6.45) is 4.19. The van der Waals surface area contributed by atoms with Crippen molar-refractivity contribution in [1.82, 2.24) is 0 Å². The monoisotopic (exact) mass is 217 g/mol. The van der Waals surface area contributed by atoms with Gasteiger partial charge in [0.15, 0.2) is 11.5 Å². The maximum absolute atomic E-state index is 10.1. The van der Waals surface area contributed by atoms with Gasteiger partial charge in [0.2, 0.25) is 0 Å². The van der Waals surface area contributed by atoms with Crippen LogP contribution < -0.4 is 4.74 Å². The molecular formula is C12H11NO3. The standard InChI is InChI=1S/C12H11NO3/c1-16-11-7-9(8-13)6-10(12(11)15)4-2-3-5-14/h2,4-7,15H,3H2,1H3. The Bertz CT molecular complexity index is 458. The van der Waals surface area contributed by atoms with Crippen LogP contribution in [0.25, 0.3) is 6.08 Å². The number of rotatable bonds is 4. The van der Waals surface area contributed by atoms with Crippen molar-refractivity contribution in [2.45, 2.75) is 6.42 Å². The van der Waals surface area contributed by atoms with Gasteiger partial charge in [-0.05, 0) is 6.07 Å². The third-order valence-corrected chi connectivity index (χ3v) is 1.98. The Morgan fingerprint density at radius 2 is 2.31 bits per heavy atom. The zero-order valence-electron chi connectivity index (χ0n) is 8.80. The van der Waals surface area contributed by atoms with Crippen LogP contribution in [0.3, 0.4) is 0 Å². The second kappa shape index (κ2) is 5.56. The Balaban J connectivity index is 3.16. The zero-order chi connectivity index (χ0) is 12.0. The number of aromatic hydroxyl groups is 1. The average Bonchev–Trinajstić information content (AvgIpc) is 2.31. The molecule has 4 nitrogen and oxygen atoms in total. The van der Waals surface area contributed by atoms with Crippen molar-refractivity contribution in [2.75, 3.05) is 7.11 Å². The normalized spacial score (nSPS) is 10.0. The molecule has 16 heavy (non-hydrogen) atoms. The fourth-order valence-electron chi connectivity index (χ4n) is 1.23. The molecule has 0 saturated heterocycles. The number of phenols is 1. The number of nitriles is 1. The number of phenolic OH excluding ortho intramolecular Hbond substituents is 1. The third kappa shape index (κ3) is 2.61. The average molecular weight is 217 g/mol. The molecule has 0 heterocycles. The zero-order valence-corrected chi connectivity index (χ0v) is 8.80. The van der Waals surface area contributed by atoms with E-state index in [9.17, 15) is 9.90 Å². The summed E-state index contributed by atoms with van der Waals surface area (Å²) in [6, 6.07) is 4.94. The summed E-state index contributed by atoms with van der Waals surface area (Å²) in [5.74, 6) is 0.202. The Labute approximate surface area is 93.4 Å². The van der Waals surface area contributed by atoms with E-state index in [1.54, 1.807) is 12.2 Å². The van der Waals surface area contributed by atoms with Gasteiger partial charge >= 0.3 is 0 Å². The number of carbonyl (C=O) groups excluding carboxylic acids is 1. The summed E-state index contributed by atoms with van der Waals surface area (Å²) in [7, 11) is 1.41. The minimum absolute atomic E-state index is 0.0383. The number of ether oxygens (including phenoxy) is 1. The summed E-state index contributed by atoms with van der Waals surface area (Å²) in [5.41, 5.74) is 0.846. The molecule has 1 aromatic carbocycles. The quantitative estimate of drug-likeness (QED) is 0.781. The predicted octanol–water partition coefficient (Wildman–Crippen LogP) is 1.87. The second-order valence-electron chi connectivity index (χ2n) is 3.03. The van der Waals surface area contributed by atoms with Crippen LogP contribution in [0.1, 0.15) is 17.5 Å². The van der Waals surface area contributed by atoms with Crippen LogP contribution in [-0.2, 0) is 4.79 Å². The molecule has 0 saturated carbocycles. The van der Waals surface area contributed by atoms with Gasteiger partial charge in [-0.1, -0.05) is 12.2 Å². The molecule has 0 atom stereocenters. The third-order valence-electron chi connectivity index (χ3n) is 1.98. The van der Waals surface area contributed by atoms with Crippen LogP contribution in [0.15, 0.2) is 18.2 Å². The number of nitrogens with zero attached hydrogens (tertiary/aromatic N) is 1. The molecule has 0 spiro atoms. The Morgan fingerprint density at radius 1 is 1.56 bits per heavy atom. The highest BCUT2D eigenvalue weighted by Crippen LogP contribution is 2.32. The highest BCUT2D eigenvalue weighted by atomic mass is 16.5. The number of hydrogen-bond acceptors (Lipinski definition) is 4. The molecule has 1 aromatic rings. The van der Waals surface area contributed by atoms with E-state index in [1.165, 1.54) is 19.2 Å². The van der Waals surface area contributed by atoms with Crippen molar-refractivity contribution >= 4 is 12.4 Å². The molecule has 4 heteroatoms. The maximum atomic E-state index is 10.1. The minimum atomic E-state index is -0.0383. The molecule has 0 aliphatic carbocycles. The SMILES string of the molecule is COc1cc(C#N)cc(C=CCC=O)c1O. The molecule has 0 unspecified atom stereocenters. The van der Waals surface area contributed by atoms with E-state index in [0.29, 0.717) is 11.1 Å². The Morgan fingerprint density at radius 3 is 2.88 bits per heavy atom. The summed E-state index contributed by atoms with van der Waals surface area (Å²) in [5, 5.41) is 18.5. The van der Waals surface area contributed by atoms with Gasteiger partial charge in [-0.25, -0.2) is 0 Å². The molecular weight excluding hydrogens is 206 g/mol. The van der Waals surface area contributed by atoms with Gasteiger partial charge in [-0.2, -0.15) is 5.26 Å². The first-order chi connectivity index (χ1) is 7.72. The van der Waals surface area contributed by atoms with Gasteiger partial charge < -0.3 is 14.6 Å². The van der Waals surface area contributed by atoms with Crippen LogP contribution in [-0.4, -0.2) is 18.5 Å². The van der Waals surface area contributed by atoms with Gasteiger partial charge in [0.05, 0.1) is 18.7 Å². The van der Waals surface area contributed by atoms with Crippen LogP contribution in [0.2, 0.25) is 0 Å². The van der Waals surface area contributed by atoms with E-state index in [4.69, 9.17) is 10.00 Å². The molecule has 0 bridgehead atoms. The summed E-state index contributed by atoms with van der Waals surface area (Å²) in [4.78, 5) is 10.1. The van der Waals surface area contributed by atoms with E-state index in [2.05, 4.69) is 0 Å². The van der Waals surface area contributed by atoms with Crippen LogP contribution in [0.4, 0.5) is 0 Å². The van der Waals surface area contributed by atoms with E-state index in [-0.39, 0.29) is 17.9 Å². The molecule has 0 fully saturated rings. The number of carbonyl (C=O) groups is 1. The van der Waals surface area contributed by atoms with Crippen LogP contribution in [0.5, 0.6) is 11.5 Å². The van der Waals surface area contributed by atoms with Crippen molar-refractivity contribution in [3.63, 3.8) is 0 Å². The Kier molecular flexibility index (Phi) is 4.10. The largest absolute Gasteiger partial charge is 0.504 e. The van der Waals surface area contributed by atoms with Crippen molar-refractivity contribution in [2.24, 2.45) is 0 Å². The number of aldehydes is 1. The van der Waals surface area contributed by atoms with Crippen LogP contribution >= 0.6 is 0 Å². The summed E-state index contributed by atoms with van der Waals surface area (Å²) < 4.78 is 4.93. The van der Waals surface area contributed by atoms with E-state index >= 15 is 0 Å². The fourth-order valence-corrected chi connectivity index (χ4v) is 1.23. The highest BCUT2D eigenvalue weighted by molar-refractivity contribution is 5.66. The van der Waals surface area contributed by atoms with Gasteiger partial charge in [0, 0.05) is 18.1 Å². The van der Waals surface area contributed by atoms with Gasteiger partial charge in [0.25, 0.3) is 0 Å². The second-order valence-corrected chi connectivity index (χ2v) is 3.03. The number of hydrogen-bond donors (Lipinski definition) is 1. The minimum Gasteiger partial charge on any atom is -0.504 e. The molecule has 1 N–H and O–H groups in total. The fraction of sp³-hybridized carbons (Fsp3) is 0.167. The van der Waals surface area contributed by atoms with Gasteiger partial charge in [0.1, 0.15) is 6.29 Å². The van der Waals surface area contributed by atoms with Crippen molar-refractivity contribution in [3.05, 3.63) is 29.3 Å². The van der Waals surface area contributed by atoms with Crippen LogP contribution in [0, 0.1) is 11.3 Å². The lowest BCUT2D eigenvalue weighted by molar-refractivity contribution is -0.107. The van der Waals surface area contributed by atoms with E-state index in [0.717, 1.165) is 6.29 Å². The molecule has 0 aromatic heterocycles. The Hall–Kier alpha value is -2.28. The summed E-state index contributed by atoms with van der Waals surface area (Å²) >= 11 is 0.